The molecule has 1 aliphatic rings. The van der Waals surface area contributed by atoms with Gasteiger partial charge in [0.2, 0.25) is 0 Å². The van der Waals surface area contributed by atoms with Crippen LogP contribution in [0.15, 0.2) is 58.8 Å². The second-order valence-electron chi connectivity index (χ2n) is 6.60. The Morgan fingerprint density at radius 3 is 2.50 bits per heavy atom. The normalized spacial score (nSPS) is 15.7. The molecule has 1 heterocycles. The number of nitrogens with two attached hydrogens (primary N) is 1. The summed E-state index contributed by atoms with van der Waals surface area (Å²) in [6, 6.07) is 13.6. The van der Waals surface area contributed by atoms with E-state index in [-0.39, 0.29) is 4.90 Å². The first-order valence-electron chi connectivity index (χ1n) is 9.35. The number of sulfone groups is 1. The van der Waals surface area contributed by atoms with Gasteiger partial charge < -0.3 is 15.2 Å². The van der Waals surface area contributed by atoms with E-state index in [1.807, 2.05) is 6.07 Å². The minimum atomic E-state index is -3.54. The Labute approximate surface area is 166 Å². The first kappa shape index (κ1) is 20.4. The van der Waals surface area contributed by atoms with E-state index in [9.17, 15) is 8.42 Å². The Morgan fingerprint density at radius 2 is 1.79 bits per heavy atom. The summed E-state index contributed by atoms with van der Waals surface area (Å²) in [6.45, 7) is 5.09. The molecule has 0 aliphatic carbocycles. The monoisotopic (exact) mass is 402 g/mol. The van der Waals surface area contributed by atoms with Crippen molar-refractivity contribution in [1.82, 2.24) is 4.90 Å². The molecule has 1 fully saturated rings. The van der Waals surface area contributed by atoms with E-state index >= 15 is 0 Å². The number of rotatable bonds is 8. The van der Waals surface area contributed by atoms with E-state index in [4.69, 9.17) is 15.2 Å². The van der Waals surface area contributed by atoms with Crippen LogP contribution in [-0.2, 0) is 14.6 Å². The van der Waals surface area contributed by atoms with Crippen LogP contribution < -0.4 is 10.5 Å². The summed E-state index contributed by atoms with van der Waals surface area (Å²) in [5, 5.41) is 1.18. The molecule has 0 spiro atoms. The first-order chi connectivity index (χ1) is 13.5. The summed E-state index contributed by atoms with van der Waals surface area (Å²) in [6.07, 6.45) is 2.43. The lowest BCUT2D eigenvalue weighted by Crippen LogP contribution is -2.37. The Kier molecular flexibility index (Phi) is 7.08. The molecule has 0 unspecified atom stereocenters. The fourth-order valence-electron chi connectivity index (χ4n) is 2.93. The maximum absolute atomic E-state index is 12.5. The van der Waals surface area contributed by atoms with Gasteiger partial charge in [-0.3, -0.25) is 4.90 Å². The summed E-state index contributed by atoms with van der Waals surface area (Å²) in [5.41, 5.74) is 7.05. The number of anilines is 1. The Bertz CT molecular complexity index is 889. The summed E-state index contributed by atoms with van der Waals surface area (Å²) >= 11 is 0. The number of hydrogen-bond acceptors (Lipinski definition) is 6. The van der Waals surface area contributed by atoms with Crippen LogP contribution in [0.25, 0.3) is 6.08 Å². The zero-order valence-corrected chi connectivity index (χ0v) is 16.6. The third kappa shape index (κ3) is 5.82. The van der Waals surface area contributed by atoms with Crippen molar-refractivity contribution in [1.29, 1.82) is 0 Å². The van der Waals surface area contributed by atoms with Crippen molar-refractivity contribution in [2.75, 3.05) is 45.2 Å². The minimum absolute atomic E-state index is 0.221. The molecule has 0 amide bonds. The van der Waals surface area contributed by atoms with E-state index in [0.717, 1.165) is 39.3 Å². The number of nitrogen functional groups attached to an aromatic ring is 1. The van der Waals surface area contributed by atoms with Crippen molar-refractivity contribution >= 4 is 21.6 Å². The molecule has 1 aliphatic heterocycles. The Morgan fingerprint density at radius 1 is 1.07 bits per heavy atom. The molecule has 0 atom stereocenters. The van der Waals surface area contributed by atoms with Gasteiger partial charge in [0, 0.05) is 30.7 Å². The topological polar surface area (TPSA) is 81.9 Å². The first-order valence-corrected chi connectivity index (χ1v) is 10.9. The SMILES string of the molecule is Nc1ccccc1/C=C/S(=O)(=O)c1ccc(OCCCN2CCOCC2)cc1. The van der Waals surface area contributed by atoms with Crippen LogP contribution in [0.3, 0.4) is 0 Å². The number of hydrogen-bond donors (Lipinski definition) is 1. The molecule has 28 heavy (non-hydrogen) atoms. The second-order valence-corrected chi connectivity index (χ2v) is 8.44. The van der Waals surface area contributed by atoms with Crippen molar-refractivity contribution in [3.05, 3.63) is 59.5 Å². The lowest BCUT2D eigenvalue weighted by atomic mass is 10.2. The molecule has 150 valence electrons. The van der Waals surface area contributed by atoms with E-state index in [1.165, 1.54) is 11.5 Å². The fraction of sp³-hybridized carbons (Fsp3) is 0.333. The van der Waals surface area contributed by atoms with Gasteiger partial charge in [-0.1, -0.05) is 18.2 Å². The molecule has 7 heteroatoms. The lowest BCUT2D eigenvalue weighted by molar-refractivity contribution is 0.0358. The number of nitrogens with zero attached hydrogens (tertiary/aromatic N) is 1. The number of para-hydroxylation sites is 1. The van der Waals surface area contributed by atoms with Crippen LogP contribution >= 0.6 is 0 Å². The standard InChI is InChI=1S/C21H26N2O4S/c22-21-5-2-1-4-18(21)10-17-28(24,25)20-8-6-19(7-9-20)27-14-3-11-23-12-15-26-16-13-23/h1-2,4-10,17H,3,11-16,22H2/b17-10+. The number of benzene rings is 2. The molecule has 2 aromatic rings. The van der Waals surface area contributed by atoms with Gasteiger partial charge in [0.1, 0.15) is 5.75 Å². The van der Waals surface area contributed by atoms with Gasteiger partial charge in [0.15, 0.2) is 9.84 Å². The van der Waals surface area contributed by atoms with Crippen LogP contribution in [0.2, 0.25) is 0 Å². The third-order valence-corrected chi connectivity index (χ3v) is 5.99. The highest BCUT2D eigenvalue weighted by Crippen LogP contribution is 2.20. The quantitative estimate of drug-likeness (QED) is 0.540. The summed E-state index contributed by atoms with van der Waals surface area (Å²) in [7, 11) is -3.54. The molecule has 2 N–H and O–H groups in total. The average molecular weight is 403 g/mol. The van der Waals surface area contributed by atoms with Gasteiger partial charge in [-0.05, 0) is 48.4 Å². The number of ether oxygens (including phenoxy) is 2. The molecular weight excluding hydrogens is 376 g/mol. The molecular formula is C21H26N2O4S. The van der Waals surface area contributed by atoms with Crippen molar-refractivity contribution in [3.8, 4) is 5.75 Å². The number of morpholine rings is 1. The van der Waals surface area contributed by atoms with E-state index in [1.54, 1.807) is 42.5 Å². The van der Waals surface area contributed by atoms with E-state index < -0.39 is 9.84 Å². The molecule has 1 saturated heterocycles. The smallest absolute Gasteiger partial charge is 0.199 e. The lowest BCUT2D eigenvalue weighted by Gasteiger charge is -2.26. The van der Waals surface area contributed by atoms with E-state index in [2.05, 4.69) is 4.90 Å². The Hall–Kier alpha value is -2.35. The maximum atomic E-state index is 12.5. The second kappa shape index (κ2) is 9.73. The van der Waals surface area contributed by atoms with Crippen molar-refractivity contribution in [2.45, 2.75) is 11.3 Å². The minimum Gasteiger partial charge on any atom is -0.494 e. The zero-order valence-electron chi connectivity index (χ0n) is 15.8. The van der Waals surface area contributed by atoms with Crippen LogP contribution in [0.1, 0.15) is 12.0 Å². The highest BCUT2D eigenvalue weighted by atomic mass is 32.2. The molecule has 2 aromatic carbocycles. The largest absolute Gasteiger partial charge is 0.494 e. The summed E-state index contributed by atoms with van der Waals surface area (Å²) < 4.78 is 36.0. The average Bonchev–Trinajstić information content (AvgIpc) is 2.72. The van der Waals surface area contributed by atoms with Gasteiger partial charge in [-0.15, -0.1) is 0 Å². The van der Waals surface area contributed by atoms with Crippen molar-refractivity contribution in [3.63, 3.8) is 0 Å². The van der Waals surface area contributed by atoms with Gasteiger partial charge in [0.25, 0.3) is 0 Å². The zero-order chi connectivity index (χ0) is 19.8. The van der Waals surface area contributed by atoms with Gasteiger partial charge in [-0.25, -0.2) is 8.42 Å². The molecule has 3 rings (SSSR count). The van der Waals surface area contributed by atoms with Crippen LogP contribution in [0.4, 0.5) is 5.69 Å². The molecule has 0 bridgehead atoms. The molecule has 0 aromatic heterocycles. The van der Waals surface area contributed by atoms with Crippen LogP contribution in [0, 0.1) is 0 Å². The summed E-state index contributed by atoms with van der Waals surface area (Å²) in [5.74, 6) is 0.664. The molecule has 0 saturated carbocycles. The van der Waals surface area contributed by atoms with Gasteiger partial charge >= 0.3 is 0 Å². The van der Waals surface area contributed by atoms with Crippen LogP contribution in [-0.4, -0.2) is 52.8 Å². The predicted octanol–water partition coefficient (Wildman–Crippen LogP) is 2.81. The van der Waals surface area contributed by atoms with E-state index in [0.29, 0.717) is 23.6 Å². The predicted molar refractivity (Wildman–Crippen MR) is 111 cm³/mol. The third-order valence-electron chi connectivity index (χ3n) is 4.57. The summed E-state index contributed by atoms with van der Waals surface area (Å²) in [4.78, 5) is 2.58. The van der Waals surface area contributed by atoms with Gasteiger partial charge in [-0.2, -0.15) is 0 Å². The highest BCUT2D eigenvalue weighted by Gasteiger charge is 2.11. The van der Waals surface area contributed by atoms with Gasteiger partial charge in [0.05, 0.1) is 24.7 Å². The maximum Gasteiger partial charge on any atom is 0.199 e. The highest BCUT2D eigenvalue weighted by molar-refractivity contribution is 7.94. The molecule has 6 nitrogen and oxygen atoms in total. The van der Waals surface area contributed by atoms with Crippen molar-refractivity contribution < 1.29 is 17.9 Å². The molecule has 0 radical (unpaired) electrons. The Balaban J connectivity index is 1.52. The van der Waals surface area contributed by atoms with Crippen molar-refractivity contribution in [2.24, 2.45) is 0 Å². The van der Waals surface area contributed by atoms with Crippen LogP contribution in [0.5, 0.6) is 5.75 Å². The fourth-order valence-corrected chi connectivity index (χ4v) is 3.93.